The summed E-state index contributed by atoms with van der Waals surface area (Å²) in [7, 11) is 0. The van der Waals surface area contributed by atoms with Gasteiger partial charge < -0.3 is 5.32 Å². The lowest BCUT2D eigenvalue weighted by molar-refractivity contribution is 0.0935. The van der Waals surface area contributed by atoms with Crippen LogP contribution in [0.15, 0.2) is 67.1 Å². The average molecular weight is 390 g/mol. The van der Waals surface area contributed by atoms with E-state index in [9.17, 15) is 9.18 Å². The molecule has 0 saturated carbocycles. The highest BCUT2D eigenvalue weighted by molar-refractivity contribution is 5.95. The topological polar surface area (TPSA) is 88.5 Å². The van der Waals surface area contributed by atoms with Gasteiger partial charge in [0.1, 0.15) is 18.0 Å². The van der Waals surface area contributed by atoms with Gasteiger partial charge in [0.2, 0.25) is 0 Å². The van der Waals surface area contributed by atoms with E-state index < -0.39 is 0 Å². The van der Waals surface area contributed by atoms with Crippen LogP contribution in [0.3, 0.4) is 0 Å². The molecule has 0 aliphatic rings. The van der Waals surface area contributed by atoms with Crippen molar-refractivity contribution in [1.82, 2.24) is 30.3 Å². The van der Waals surface area contributed by atoms with E-state index in [4.69, 9.17) is 0 Å². The molecule has 29 heavy (non-hydrogen) atoms. The number of H-pyrrole nitrogens is 1. The first-order valence-corrected chi connectivity index (χ1v) is 9.12. The third-order valence-electron chi connectivity index (χ3n) is 4.70. The second-order valence-electron chi connectivity index (χ2n) is 6.60. The third kappa shape index (κ3) is 4.06. The van der Waals surface area contributed by atoms with Gasteiger partial charge in [0, 0.05) is 6.42 Å². The molecule has 2 N–H and O–H groups in total. The van der Waals surface area contributed by atoms with Gasteiger partial charge >= 0.3 is 0 Å². The minimum absolute atomic E-state index is 0.246. The first kappa shape index (κ1) is 18.5. The van der Waals surface area contributed by atoms with Gasteiger partial charge in [-0.05, 0) is 36.8 Å². The zero-order valence-corrected chi connectivity index (χ0v) is 15.7. The minimum atomic E-state index is -0.324. The fraction of sp³-hybridized carbons (Fsp3) is 0.143. The van der Waals surface area contributed by atoms with Gasteiger partial charge in [0.25, 0.3) is 5.91 Å². The van der Waals surface area contributed by atoms with Crippen molar-refractivity contribution in [1.29, 1.82) is 0 Å². The highest BCUT2D eigenvalue weighted by atomic mass is 19.1. The molecule has 0 spiro atoms. The van der Waals surface area contributed by atoms with Gasteiger partial charge in [-0.25, -0.2) is 14.1 Å². The Balaban J connectivity index is 1.58. The Kier molecular flexibility index (Phi) is 5.15. The Morgan fingerprint density at radius 3 is 2.62 bits per heavy atom. The number of halogens is 1. The van der Waals surface area contributed by atoms with Gasteiger partial charge in [-0.15, -0.1) is 0 Å². The number of carbonyl (C=O) groups excluding carboxylic acids is 1. The number of nitrogens with zero attached hydrogens (tertiary/aromatic N) is 4. The van der Waals surface area contributed by atoms with Crippen LogP contribution in [0.4, 0.5) is 4.39 Å². The Labute approximate surface area is 166 Å². The van der Waals surface area contributed by atoms with E-state index in [0.29, 0.717) is 29.2 Å². The molecule has 0 bridgehead atoms. The van der Waals surface area contributed by atoms with Crippen LogP contribution in [-0.4, -0.2) is 30.9 Å². The fourth-order valence-electron chi connectivity index (χ4n) is 3.17. The van der Waals surface area contributed by atoms with Crippen LogP contribution in [0.1, 0.15) is 33.5 Å². The van der Waals surface area contributed by atoms with Crippen molar-refractivity contribution in [3.05, 3.63) is 95.6 Å². The average Bonchev–Trinajstić information content (AvgIpc) is 3.38. The van der Waals surface area contributed by atoms with Crippen LogP contribution in [0.25, 0.3) is 5.69 Å². The smallest absolute Gasteiger partial charge is 0.255 e. The first-order valence-electron chi connectivity index (χ1n) is 9.12. The molecular weight excluding hydrogens is 371 g/mol. The molecule has 0 fully saturated rings. The van der Waals surface area contributed by atoms with Gasteiger partial charge in [0.05, 0.1) is 29.2 Å². The molecule has 0 aliphatic heterocycles. The predicted molar refractivity (Wildman–Crippen MR) is 105 cm³/mol. The second kappa shape index (κ2) is 8.05. The number of benzene rings is 2. The molecule has 0 saturated heterocycles. The molecule has 1 atom stereocenters. The third-order valence-corrected chi connectivity index (χ3v) is 4.70. The number of rotatable bonds is 6. The summed E-state index contributed by atoms with van der Waals surface area (Å²) in [6.07, 6.45) is 3.43. The van der Waals surface area contributed by atoms with Crippen molar-refractivity contribution in [2.24, 2.45) is 0 Å². The summed E-state index contributed by atoms with van der Waals surface area (Å²) in [4.78, 5) is 17.2. The van der Waals surface area contributed by atoms with Crippen LogP contribution in [0.2, 0.25) is 0 Å². The largest absolute Gasteiger partial charge is 0.345 e. The molecule has 2 aromatic carbocycles. The van der Waals surface area contributed by atoms with Crippen LogP contribution in [0.5, 0.6) is 0 Å². The molecule has 0 unspecified atom stereocenters. The van der Waals surface area contributed by atoms with Crippen LogP contribution < -0.4 is 5.32 Å². The van der Waals surface area contributed by atoms with E-state index in [1.165, 1.54) is 24.7 Å². The molecule has 1 amide bonds. The van der Waals surface area contributed by atoms with E-state index >= 15 is 0 Å². The van der Waals surface area contributed by atoms with Crippen LogP contribution >= 0.6 is 0 Å². The first-order chi connectivity index (χ1) is 14.1. The van der Waals surface area contributed by atoms with Gasteiger partial charge in [-0.2, -0.15) is 10.2 Å². The van der Waals surface area contributed by atoms with Gasteiger partial charge in [-0.3, -0.25) is 9.89 Å². The van der Waals surface area contributed by atoms with E-state index in [0.717, 1.165) is 5.56 Å². The van der Waals surface area contributed by atoms with Crippen LogP contribution in [-0.2, 0) is 6.42 Å². The molecule has 0 aliphatic carbocycles. The number of carbonyl (C=O) groups is 1. The summed E-state index contributed by atoms with van der Waals surface area (Å²) in [5.41, 5.74) is 2.76. The van der Waals surface area contributed by atoms with E-state index in [1.54, 1.807) is 23.7 Å². The fourth-order valence-corrected chi connectivity index (χ4v) is 3.17. The molecule has 2 aromatic heterocycles. The van der Waals surface area contributed by atoms with Crippen molar-refractivity contribution < 1.29 is 9.18 Å². The summed E-state index contributed by atoms with van der Waals surface area (Å²) in [6.45, 7) is 1.80. The monoisotopic (exact) mass is 390 g/mol. The number of amides is 1. The maximum absolute atomic E-state index is 13.2. The van der Waals surface area contributed by atoms with E-state index in [2.05, 4.69) is 25.6 Å². The number of hydrogen-bond acceptors (Lipinski definition) is 4. The van der Waals surface area contributed by atoms with Crippen molar-refractivity contribution in [2.75, 3.05) is 0 Å². The molecule has 4 rings (SSSR count). The summed E-state index contributed by atoms with van der Waals surface area (Å²) in [5.74, 6) is 0.108. The molecular formula is C21H19FN6O. The molecule has 146 valence electrons. The van der Waals surface area contributed by atoms with Gasteiger partial charge in [-0.1, -0.05) is 30.3 Å². The van der Waals surface area contributed by atoms with E-state index in [1.807, 2.05) is 30.3 Å². The molecule has 2 heterocycles. The highest BCUT2D eigenvalue weighted by Crippen LogP contribution is 2.19. The number of aromatic amines is 1. The lowest BCUT2D eigenvalue weighted by Crippen LogP contribution is -2.30. The van der Waals surface area contributed by atoms with Crippen molar-refractivity contribution in [2.45, 2.75) is 19.4 Å². The summed E-state index contributed by atoms with van der Waals surface area (Å²) in [6, 6.07) is 15.4. The number of hydrogen-bond donors (Lipinski definition) is 2. The summed E-state index contributed by atoms with van der Waals surface area (Å²) in [5, 5.41) is 14.1. The van der Waals surface area contributed by atoms with Crippen molar-refractivity contribution >= 4 is 5.91 Å². The van der Waals surface area contributed by atoms with Gasteiger partial charge in [0.15, 0.2) is 0 Å². The Morgan fingerprint density at radius 2 is 1.93 bits per heavy atom. The predicted octanol–water partition coefficient (Wildman–Crippen LogP) is 3.15. The van der Waals surface area contributed by atoms with Crippen molar-refractivity contribution in [3.8, 4) is 5.69 Å². The standard InChI is InChI=1S/C21H19FN6O/c1-14-18(12-25-28(14)17-9-7-16(22)8-10-17)21(29)26-19(11-20-23-13-24-27-20)15-5-3-2-4-6-15/h2-10,12-13,19H,11H2,1H3,(H,26,29)(H,23,24,27)/t19-/m0/s1. The zero-order valence-electron chi connectivity index (χ0n) is 15.7. The Morgan fingerprint density at radius 1 is 1.17 bits per heavy atom. The second-order valence-corrected chi connectivity index (χ2v) is 6.60. The SMILES string of the molecule is Cc1c(C(=O)N[C@@H](Cc2ncn[nH]2)c2ccccc2)cnn1-c1ccc(F)cc1. The summed E-state index contributed by atoms with van der Waals surface area (Å²) < 4.78 is 14.8. The number of nitrogens with one attached hydrogen (secondary N) is 2. The lowest BCUT2D eigenvalue weighted by atomic mass is 10.0. The molecule has 8 heteroatoms. The maximum Gasteiger partial charge on any atom is 0.255 e. The minimum Gasteiger partial charge on any atom is -0.345 e. The number of aromatic nitrogens is 5. The lowest BCUT2D eigenvalue weighted by Gasteiger charge is -2.18. The maximum atomic E-state index is 13.2. The van der Waals surface area contributed by atoms with Crippen molar-refractivity contribution in [3.63, 3.8) is 0 Å². The molecule has 7 nitrogen and oxygen atoms in total. The normalized spacial score (nSPS) is 11.9. The zero-order chi connectivity index (χ0) is 20.2. The Hall–Kier alpha value is -3.81. The quantitative estimate of drug-likeness (QED) is 0.529. The molecule has 0 radical (unpaired) electrons. The highest BCUT2D eigenvalue weighted by Gasteiger charge is 2.21. The molecule has 4 aromatic rings. The Bertz CT molecular complexity index is 1090. The van der Waals surface area contributed by atoms with E-state index in [-0.39, 0.29) is 17.8 Å². The van der Waals surface area contributed by atoms with Crippen LogP contribution in [0, 0.1) is 12.7 Å². The summed E-state index contributed by atoms with van der Waals surface area (Å²) >= 11 is 0.